The predicted molar refractivity (Wildman–Crippen MR) is 68.8 cm³/mol. The van der Waals surface area contributed by atoms with E-state index < -0.39 is 0 Å². The Balaban J connectivity index is 2.34. The summed E-state index contributed by atoms with van der Waals surface area (Å²) in [5, 5.41) is 3.05. The molecule has 18 heavy (non-hydrogen) atoms. The molecule has 5 heteroatoms. The lowest BCUT2D eigenvalue weighted by atomic mass is 10.2. The van der Waals surface area contributed by atoms with Crippen LogP contribution in [0.1, 0.15) is 5.56 Å². The first-order chi connectivity index (χ1) is 8.72. The van der Waals surface area contributed by atoms with Gasteiger partial charge in [0, 0.05) is 31.5 Å². The third-order valence-electron chi connectivity index (χ3n) is 2.53. The van der Waals surface area contributed by atoms with Crippen LogP contribution in [0.3, 0.4) is 0 Å². The van der Waals surface area contributed by atoms with Gasteiger partial charge in [0.15, 0.2) is 0 Å². The number of aryl methyl sites for hydroxylation is 1. The van der Waals surface area contributed by atoms with E-state index in [9.17, 15) is 4.79 Å². The van der Waals surface area contributed by atoms with Crippen LogP contribution >= 0.6 is 0 Å². The Bertz CT molecular complexity index is 593. The lowest BCUT2D eigenvalue weighted by Crippen LogP contribution is -2.18. The maximum absolute atomic E-state index is 11.8. The standard InChI is InChI=1S/C13H15N3O2/c1-14-9-10-5-3-4-6-11(10)18-12-13(17)16(2)8-7-15-12/h3-8,14H,9H2,1-2H3. The van der Waals surface area contributed by atoms with Crippen molar-refractivity contribution in [2.75, 3.05) is 7.05 Å². The minimum atomic E-state index is -0.253. The van der Waals surface area contributed by atoms with E-state index in [1.165, 1.54) is 10.8 Å². The molecule has 2 rings (SSSR count). The summed E-state index contributed by atoms with van der Waals surface area (Å²) in [7, 11) is 3.52. The Morgan fingerprint density at radius 3 is 2.94 bits per heavy atom. The van der Waals surface area contributed by atoms with Gasteiger partial charge in [-0.15, -0.1) is 0 Å². The minimum Gasteiger partial charge on any atom is -0.434 e. The lowest BCUT2D eigenvalue weighted by molar-refractivity contribution is 0.442. The summed E-state index contributed by atoms with van der Waals surface area (Å²) in [4.78, 5) is 15.8. The summed E-state index contributed by atoms with van der Waals surface area (Å²) in [6.07, 6.45) is 3.13. The number of para-hydroxylation sites is 1. The van der Waals surface area contributed by atoms with Gasteiger partial charge in [-0.3, -0.25) is 4.79 Å². The molecular weight excluding hydrogens is 230 g/mol. The van der Waals surface area contributed by atoms with E-state index in [1.54, 1.807) is 13.2 Å². The highest BCUT2D eigenvalue weighted by Crippen LogP contribution is 2.21. The minimum absolute atomic E-state index is 0.0866. The molecule has 0 atom stereocenters. The maximum Gasteiger partial charge on any atom is 0.313 e. The molecule has 2 aromatic rings. The highest BCUT2D eigenvalue weighted by Gasteiger charge is 2.08. The lowest BCUT2D eigenvalue weighted by Gasteiger charge is -2.09. The van der Waals surface area contributed by atoms with Crippen molar-refractivity contribution in [3.8, 4) is 11.6 Å². The molecule has 0 unspecified atom stereocenters. The van der Waals surface area contributed by atoms with Crippen LogP contribution in [0.15, 0.2) is 41.5 Å². The van der Waals surface area contributed by atoms with Crippen molar-refractivity contribution >= 4 is 0 Å². The highest BCUT2D eigenvalue weighted by atomic mass is 16.5. The number of benzene rings is 1. The van der Waals surface area contributed by atoms with Gasteiger partial charge in [0.2, 0.25) is 0 Å². The number of hydrogen-bond acceptors (Lipinski definition) is 4. The summed E-state index contributed by atoms with van der Waals surface area (Å²) in [5.41, 5.74) is 0.726. The monoisotopic (exact) mass is 245 g/mol. The highest BCUT2D eigenvalue weighted by molar-refractivity contribution is 5.35. The summed E-state index contributed by atoms with van der Waals surface area (Å²) in [6, 6.07) is 7.55. The van der Waals surface area contributed by atoms with E-state index in [2.05, 4.69) is 10.3 Å². The average Bonchev–Trinajstić information content (AvgIpc) is 2.37. The smallest absolute Gasteiger partial charge is 0.313 e. The number of hydrogen-bond donors (Lipinski definition) is 1. The summed E-state index contributed by atoms with van der Waals surface area (Å²) < 4.78 is 7.02. The summed E-state index contributed by atoms with van der Waals surface area (Å²) in [5.74, 6) is 0.728. The Hall–Kier alpha value is -2.14. The van der Waals surface area contributed by atoms with Crippen LogP contribution in [0.2, 0.25) is 0 Å². The molecule has 0 radical (unpaired) electrons. The number of aromatic nitrogens is 2. The zero-order chi connectivity index (χ0) is 13.0. The molecule has 5 nitrogen and oxygen atoms in total. The first-order valence-corrected chi connectivity index (χ1v) is 5.64. The van der Waals surface area contributed by atoms with Crippen molar-refractivity contribution in [3.63, 3.8) is 0 Å². The molecule has 0 fully saturated rings. The fourth-order valence-electron chi connectivity index (χ4n) is 1.59. The van der Waals surface area contributed by atoms with E-state index in [-0.39, 0.29) is 11.4 Å². The van der Waals surface area contributed by atoms with Crippen LogP contribution < -0.4 is 15.6 Å². The fourth-order valence-corrected chi connectivity index (χ4v) is 1.59. The first kappa shape index (κ1) is 12.3. The molecule has 1 aromatic carbocycles. The molecule has 1 heterocycles. The second-order valence-corrected chi connectivity index (χ2v) is 3.89. The molecule has 1 N–H and O–H groups in total. The van der Waals surface area contributed by atoms with Crippen molar-refractivity contribution in [2.45, 2.75) is 6.54 Å². The number of ether oxygens (including phenoxy) is 1. The fraction of sp³-hybridized carbons (Fsp3) is 0.231. The number of nitrogens with one attached hydrogen (secondary N) is 1. The van der Waals surface area contributed by atoms with Crippen LogP contribution in [0, 0.1) is 0 Å². The molecule has 0 spiro atoms. The Morgan fingerprint density at radius 2 is 2.17 bits per heavy atom. The zero-order valence-corrected chi connectivity index (χ0v) is 10.4. The molecule has 0 aliphatic carbocycles. The van der Waals surface area contributed by atoms with Gasteiger partial charge in [-0.05, 0) is 13.1 Å². The summed E-state index contributed by atoms with van der Waals surface area (Å²) >= 11 is 0. The van der Waals surface area contributed by atoms with Crippen LogP contribution in [0.5, 0.6) is 11.6 Å². The Morgan fingerprint density at radius 1 is 1.39 bits per heavy atom. The number of rotatable bonds is 4. The predicted octanol–water partition coefficient (Wildman–Crippen LogP) is 1.29. The van der Waals surface area contributed by atoms with Crippen molar-refractivity contribution in [2.24, 2.45) is 7.05 Å². The third-order valence-corrected chi connectivity index (χ3v) is 2.53. The van der Waals surface area contributed by atoms with Crippen LogP contribution in [-0.2, 0) is 13.6 Å². The van der Waals surface area contributed by atoms with Crippen LogP contribution in [0.25, 0.3) is 0 Å². The summed E-state index contributed by atoms with van der Waals surface area (Å²) in [6.45, 7) is 0.670. The van der Waals surface area contributed by atoms with Crippen molar-refractivity contribution < 1.29 is 4.74 Å². The second-order valence-electron chi connectivity index (χ2n) is 3.89. The van der Waals surface area contributed by atoms with E-state index in [1.807, 2.05) is 31.3 Å². The molecule has 0 saturated heterocycles. The molecule has 94 valence electrons. The molecule has 0 aliphatic heterocycles. The average molecular weight is 245 g/mol. The largest absolute Gasteiger partial charge is 0.434 e. The van der Waals surface area contributed by atoms with E-state index in [4.69, 9.17) is 4.74 Å². The third kappa shape index (κ3) is 2.57. The molecule has 1 aromatic heterocycles. The first-order valence-electron chi connectivity index (χ1n) is 5.64. The Labute approximate surface area is 105 Å². The maximum atomic E-state index is 11.8. The van der Waals surface area contributed by atoms with Gasteiger partial charge in [-0.1, -0.05) is 18.2 Å². The van der Waals surface area contributed by atoms with Gasteiger partial charge >= 0.3 is 5.56 Å². The quantitative estimate of drug-likeness (QED) is 0.882. The van der Waals surface area contributed by atoms with Gasteiger partial charge in [0.1, 0.15) is 5.75 Å². The van der Waals surface area contributed by atoms with Gasteiger partial charge < -0.3 is 14.6 Å². The zero-order valence-electron chi connectivity index (χ0n) is 10.4. The van der Waals surface area contributed by atoms with E-state index in [0.29, 0.717) is 12.3 Å². The van der Waals surface area contributed by atoms with Gasteiger partial charge in [-0.25, -0.2) is 4.98 Å². The molecular formula is C13H15N3O2. The van der Waals surface area contributed by atoms with Crippen LogP contribution in [0.4, 0.5) is 0 Å². The van der Waals surface area contributed by atoms with Gasteiger partial charge in [0.05, 0.1) is 0 Å². The normalized spacial score (nSPS) is 10.3. The number of nitrogens with zero attached hydrogens (tertiary/aromatic N) is 2. The molecule has 0 amide bonds. The van der Waals surface area contributed by atoms with Gasteiger partial charge in [0.25, 0.3) is 5.88 Å². The SMILES string of the molecule is CNCc1ccccc1Oc1nccn(C)c1=O. The second kappa shape index (κ2) is 5.46. The van der Waals surface area contributed by atoms with E-state index in [0.717, 1.165) is 5.56 Å². The molecule has 0 bridgehead atoms. The Kier molecular flexibility index (Phi) is 3.74. The van der Waals surface area contributed by atoms with E-state index >= 15 is 0 Å². The molecule has 0 aliphatic rings. The topological polar surface area (TPSA) is 56.1 Å². The van der Waals surface area contributed by atoms with Crippen molar-refractivity contribution in [1.82, 2.24) is 14.9 Å². The molecule has 0 saturated carbocycles. The van der Waals surface area contributed by atoms with Crippen molar-refractivity contribution in [1.29, 1.82) is 0 Å². The van der Waals surface area contributed by atoms with Gasteiger partial charge in [-0.2, -0.15) is 0 Å². The van der Waals surface area contributed by atoms with Crippen LogP contribution in [-0.4, -0.2) is 16.6 Å². The van der Waals surface area contributed by atoms with Crippen molar-refractivity contribution in [3.05, 3.63) is 52.6 Å².